The second-order valence-corrected chi connectivity index (χ2v) is 12.7. The predicted octanol–water partition coefficient (Wildman–Crippen LogP) is 2.97. The standard InChI is InChI=1S/C7H18Cl2OSi2/c1-11(7(9)5-6-8)10-12(2,3)4/h7,11H,5-6H2,1-4H3. The summed E-state index contributed by atoms with van der Waals surface area (Å²) in [4.78, 5) is 0. The summed E-state index contributed by atoms with van der Waals surface area (Å²) < 4.78 is 5.94. The first-order valence-electron chi connectivity index (χ1n) is 4.24. The van der Waals surface area contributed by atoms with Crippen molar-refractivity contribution >= 4 is 40.6 Å². The third-order valence-electron chi connectivity index (χ3n) is 1.43. The fourth-order valence-electron chi connectivity index (χ4n) is 0.970. The van der Waals surface area contributed by atoms with Crippen LogP contribution >= 0.6 is 23.2 Å². The van der Waals surface area contributed by atoms with Crippen molar-refractivity contribution in [3.8, 4) is 0 Å². The van der Waals surface area contributed by atoms with Crippen molar-refractivity contribution in [1.82, 2.24) is 0 Å². The van der Waals surface area contributed by atoms with Crippen LogP contribution < -0.4 is 0 Å². The maximum absolute atomic E-state index is 6.11. The molecule has 0 aliphatic rings. The van der Waals surface area contributed by atoms with Crippen molar-refractivity contribution in [3.63, 3.8) is 0 Å². The molecule has 0 aliphatic carbocycles. The molecule has 0 N–H and O–H groups in total. The molecular weight excluding hydrogens is 227 g/mol. The van der Waals surface area contributed by atoms with Gasteiger partial charge in [0.25, 0.3) is 0 Å². The van der Waals surface area contributed by atoms with Gasteiger partial charge in [-0.25, -0.2) is 0 Å². The molecule has 2 atom stereocenters. The Bertz CT molecular complexity index is 127. The Balaban J connectivity index is 3.78. The molecule has 0 aliphatic heterocycles. The first kappa shape index (κ1) is 13.0. The Kier molecular flexibility index (Phi) is 6.11. The van der Waals surface area contributed by atoms with E-state index >= 15 is 0 Å². The highest BCUT2D eigenvalue weighted by Crippen LogP contribution is 2.13. The first-order chi connectivity index (χ1) is 5.37. The second-order valence-electron chi connectivity index (χ2n) is 3.93. The molecule has 0 heterocycles. The highest BCUT2D eigenvalue weighted by Gasteiger charge is 2.23. The van der Waals surface area contributed by atoms with E-state index in [1.807, 2.05) is 0 Å². The van der Waals surface area contributed by atoms with Crippen molar-refractivity contribution in [1.29, 1.82) is 0 Å². The summed E-state index contributed by atoms with van der Waals surface area (Å²) >= 11 is 11.7. The van der Waals surface area contributed by atoms with Gasteiger partial charge in [0, 0.05) is 5.88 Å². The van der Waals surface area contributed by atoms with Gasteiger partial charge in [0.15, 0.2) is 17.4 Å². The van der Waals surface area contributed by atoms with Gasteiger partial charge in [-0.15, -0.1) is 23.2 Å². The Morgan fingerprint density at radius 3 is 2.25 bits per heavy atom. The average Bonchev–Trinajstić information content (AvgIpc) is 1.84. The van der Waals surface area contributed by atoms with E-state index in [1.165, 1.54) is 0 Å². The second kappa shape index (κ2) is 5.65. The Hall–Kier alpha value is 0.974. The quantitative estimate of drug-likeness (QED) is 0.534. The van der Waals surface area contributed by atoms with Gasteiger partial charge in [-0.05, 0) is 32.6 Å². The molecule has 0 fully saturated rings. The smallest absolute Gasteiger partial charge is 0.177 e. The lowest BCUT2D eigenvalue weighted by molar-refractivity contribution is 0.567. The van der Waals surface area contributed by atoms with Crippen LogP contribution in [0.2, 0.25) is 26.2 Å². The lowest BCUT2D eigenvalue weighted by Gasteiger charge is -2.25. The molecule has 2 unspecified atom stereocenters. The molecule has 0 aromatic heterocycles. The average molecular weight is 245 g/mol. The molecule has 0 radical (unpaired) electrons. The van der Waals surface area contributed by atoms with Gasteiger partial charge in [-0.3, -0.25) is 0 Å². The summed E-state index contributed by atoms with van der Waals surface area (Å²) in [6.07, 6.45) is 0.876. The van der Waals surface area contributed by atoms with E-state index in [-0.39, 0.29) is 5.00 Å². The zero-order valence-electron chi connectivity index (χ0n) is 8.23. The maximum Gasteiger partial charge on any atom is 0.177 e. The van der Waals surface area contributed by atoms with Crippen LogP contribution in [0.15, 0.2) is 0 Å². The SMILES string of the molecule is C[SiH](O[Si](C)(C)C)C(Cl)CCCl. The van der Waals surface area contributed by atoms with E-state index in [1.54, 1.807) is 0 Å². The number of hydrogen-bond acceptors (Lipinski definition) is 1. The Morgan fingerprint density at radius 2 is 1.92 bits per heavy atom. The largest absolute Gasteiger partial charge is 0.457 e. The molecule has 74 valence electrons. The zero-order valence-corrected chi connectivity index (χ0v) is 11.9. The summed E-state index contributed by atoms with van der Waals surface area (Å²) in [5, 5.41) is 0.189. The monoisotopic (exact) mass is 244 g/mol. The maximum atomic E-state index is 6.11. The van der Waals surface area contributed by atoms with Gasteiger partial charge in [0.1, 0.15) is 0 Å². The summed E-state index contributed by atoms with van der Waals surface area (Å²) in [6, 6.07) is 0. The van der Waals surface area contributed by atoms with Crippen LogP contribution in [-0.2, 0) is 4.12 Å². The molecule has 0 saturated heterocycles. The molecule has 0 aromatic rings. The summed E-state index contributed by atoms with van der Waals surface area (Å²) in [7, 11) is -2.57. The molecule has 0 rings (SSSR count). The van der Waals surface area contributed by atoms with E-state index in [4.69, 9.17) is 27.3 Å². The molecule has 0 saturated carbocycles. The van der Waals surface area contributed by atoms with Crippen molar-refractivity contribution in [2.24, 2.45) is 0 Å². The van der Waals surface area contributed by atoms with E-state index in [0.717, 1.165) is 6.42 Å². The third-order valence-corrected chi connectivity index (χ3v) is 8.60. The normalized spacial score (nSPS) is 17.5. The van der Waals surface area contributed by atoms with Crippen molar-refractivity contribution in [3.05, 3.63) is 0 Å². The highest BCUT2D eigenvalue weighted by atomic mass is 35.5. The third kappa shape index (κ3) is 6.49. The van der Waals surface area contributed by atoms with Gasteiger partial charge in [0.05, 0.1) is 5.00 Å². The fraction of sp³-hybridized carbons (Fsp3) is 1.00. The van der Waals surface area contributed by atoms with Crippen LogP contribution in [-0.4, -0.2) is 28.2 Å². The lowest BCUT2D eigenvalue weighted by Crippen LogP contribution is -2.38. The van der Waals surface area contributed by atoms with E-state index in [9.17, 15) is 0 Å². The molecule has 0 aromatic carbocycles. The molecule has 0 bridgehead atoms. The molecule has 12 heavy (non-hydrogen) atoms. The molecular formula is C7H18Cl2OSi2. The van der Waals surface area contributed by atoms with Gasteiger partial charge < -0.3 is 4.12 Å². The first-order valence-corrected chi connectivity index (χ1v) is 10.9. The topological polar surface area (TPSA) is 9.23 Å². The number of halogens is 2. The van der Waals surface area contributed by atoms with Crippen molar-refractivity contribution in [2.45, 2.75) is 37.6 Å². The minimum Gasteiger partial charge on any atom is -0.457 e. The summed E-state index contributed by atoms with van der Waals surface area (Å²) in [6.45, 7) is 8.74. The zero-order chi connectivity index (χ0) is 9.78. The number of rotatable bonds is 5. The summed E-state index contributed by atoms with van der Waals surface area (Å²) in [5.74, 6) is 0.639. The van der Waals surface area contributed by atoms with Gasteiger partial charge >= 0.3 is 0 Å². The van der Waals surface area contributed by atoms with E-state index in [2.05, 4.69) is 26.2 Å². The van der Waals surface area contributed by atoms with Gasteiger partial charge in [0.2, 0.25) is 0 Å². The molecule has 0 spiro atoms. The van der Waals surface area contributed by atoms with Crippen LogP contribution in [0.5, 0.6) is 0 Å². The highest BCUT2D eigenvalue weighted by molar-refractivity contribution is 6.79. The van der Waals surface area contributed by atoms with E-state index < -0.39 is 17.4 Å². The van der Waals surface area contributed by atoms with Crippen LogP contribution in [0.4, 0.5) is 0 Å². The molecule has 1 nitrogen and oxygen atoms in total. The van der Waals surface area contributed by atoms with Crippen molar-refractivity contribution < 1.29 is 4.12 Å². The van der Waals surface area contributed by atoms with Gasteiger partial charge in [-0.2, -0.15) is 0 Å². The molecule has 0 amide bonds. The minimum absolute atomic E-state index is 0.189. The van der Waals surface area contributed by atoms with Crippen LogP contribution in [0.1, 0.15) is 6.42 Å². The fourth-order valence-corrected chi connectivity index (χ4v) is 7.79. The minimum atomic E-state index is -1.38. The van der Waals surface area contributed by atoms with Crippen molar-refractivity contribution in [2.75, 3.05) is 5.88 Å². The van der Waals surface area contributed by atoms with Crippen LogP contribution in [0, 0.1) is 0 Å². The summed E-state index contributed by atoms with van der Waals surface area (Å²) in [5.41, 5.74) is 0. The van der Waals surface area contributed by atoms with Crippen LogP contribution in [0.3, 0.4) is 0 Å². The van der Waals surface area contributed by atoms with Crippen LogP contribution in [0.25, 0.3) is 0 Å². The van der Waals surface area contributed by atoms with Gasteiger partial charge in [-0.1, -0.05) is 0 Å². The molecule has 5 heteroatoms. The number of hydrogen-bond donors (Lipinski definition) is 0. The predicted molar refractivity (Wildman–Crippen MR) is 62.4 cm³/mol. The Morgan fingerprint density at radius 1 is 1.42 bits per heavy atom. The lowest BCUT2D eigenvalue weighted by atomic mass is 10.6. The number of alkyl halides is 2. The van der Waals surface area contributed by atoms with E-state index in [0.29, 0.717) is 5.88 Å². The Labute approximate surface area is 88.3 Å².